The molecule has 0 aliphatic heterocycles. The summed E-state index contributed by atoms with van der Waals surface area (Å²) in [6.07, 6.45) is 5.10. The number of anilines is 1. The Morgan fingerprint density at radius 2 is 1.95 bits per heavy atom. The molecule has 2 rings (SSSR count). The number of unbranched alkanes of at least 4 members (excludes halogenated alkanes) is 1. The number of benzene rings is 1. The van der Waals surface area contributed by atoms with Gasteiger partial charge in [-0.1, -0.05) is 43.7 Å². The topological polar surface area (TPSA) is 78.9 Å². The Morgan fingerprint density at radius 1 is 1.14 bits per heavy atom. The van der Waals surface area contributed by atoms with Crippen LogP contribution in [0.5, 0.6) is 0 Å². The van der Waals surface area contributed by atoms with Gasteiger partial charge in [0.15, 0.2) is 0 Å². The third-order valence-electron chi connectivity index (χ3n) is 3.06. The Bertz CT molecular complexity index is 571. The Labute approximate surface area is 130 Å². The lowest BCUT2D eigenvalue weighted by Crippen LogP contribution is -2.38. The fraction of sp³-hybridized carbons (Fsp3) is 0.312. The van der Waals surface area contributed by atoms with E-state index in [1.54, 1.807) is 6.20 Å². The van der Waals surface area contributed by atoms with Crippen LogP contribution < -0.4 is 16.2 Å². The highest BCUT2D eigenvalue weighted by Gasteiger charge is 2.07. The van der Waals surface area contributed by atoms with Gasteiger partial charge in [-0.2, -0.15) is 0 Å². The SMILES string of the molecule is CCCCNNC(=O)c1cnc(NCc2ccccc2)cn1. The molecule has 0 saturated heterocycles. The number of hydrogen-bond acceptors (Lipinski definition) is 5. The van der Waals surface area contributed by atoms with E-state index in [0.717, 1.165) is 24.9 Å². The van der Waals surface area contributed by atoms with Crippen molar-refractivity contribution in [2.24, 2.45) is 0 Å². The zero-order valence-electron chi connectivity index (χ0n) is 12.7. The van der Waals surface area contributed by atoms with Crippen LogP contribution in [0, 0.1) is 0 Å². The summed E-state index contributed by atoms with van der Waals surface area (Å²) in [5.74, 6) is 0.359. The lowest BCUT2D eigenvalue weighted by Gasteiger charge is -2.07. The van der Waals surface area contributed by atoms with Crippen LogP contribution in [-0.2, 0) is 6.54 Å². The van der Waals surface area contributed by atoms with Gasteiger partial charge in [-0.25, -0.2) is 15.4 Å². The summed E-state index contributed by atoms with van der Waals surface area (Å²) in [6, 6.07) is 10.0. The van der Waals surface area contributed by atoms with E-state index in [0.29, 0.717) is 12.4 Å². The summed E-state index contributed by atoms with van der Waals surface area (Å²) in [7, 11) is 0. The summed E-state index contributed by atoms with van der Waals surface area (Å²) in [6.45, 7) is 3.50. The van der Waals surface area contributed by atoms with Crippen molar-refractivity contribution >= 4 is 11.7 Å². The number of hydrazine groups is 1. The van der Waals surface area contributed by atoms with Gasteiger partial charge in [-0.15, -0.1) is 0 Å². The molecule has 0 bridgehead atoms. The highest BCUT2D eigenvalue weighted by atomic mass is 16.2. The average molecular weight is 299 g/mol. The van der Waals surface area contributed by atoms with Crippen molar-refractivity contribution in [3.8, 4) is 0 Å². The number of rotatable bonds is 8. The Morgan fingerprint density at radius 3 is 2.64 bits per heavy atom. The van der Waals surface area contributed by atoms with Crippen LogP contribution >= 0.6 is 0 Å². The van der Waals surface area contributed by atoms with Gasteiger partial charge in [0.2, 0.25) is 0 Å². The van der Waals surface area contributed by atoms with Gasteiger partial charge in [0, 0.05) is 13.1 Å². The third kappa shape index (κ3) is 5.14. The van der Waals surface area contributed by atoms with E-state index < -0.39 is 0 Å². The van der Waals surface area contributed by atoms with Crippen LogP contribution in [0.2, 0.25) is 0 Å². The molecule has 0 aliphatic carbocycles. The van der Waals surface area contributed by atoms with E-state index in [1.807, 2.05) is 30.3 Å². The van der Waals surface area contributed by atoms with Gasteiger partial charge in [-0.05, 0) is 12.0 Å². The minimum Gasteiger partial charge on any atom is -0.365 e. The lowest BCUT2D eigenvalue weighted by molar-refractivity contribution is 0.0927. The predicted octanol–water partition coefficient (Wildman–Crippen LogP) is 2.12. The summed E-state index contributed by atoms with van der Waals surface area (Å²) >= 11 is 0. The highest BCUT2D eigenvalue weighted by Crippen LogP contribution is 2.05. The molecule has 0 unspecified atom stereocenters. The van der Waals surface area contributed by atoms with Crippen LogP contribution in [0.15, 0.2) is 42.7 Å². The number of aromatic nitrogens is 2. The third-order valence-corrected chi connectivity index (χ3v) is 3.06. The summed E-state index contributed by atoms with van der Waals surface area (Å²) in [5, 5.41) is 3.17. The molecule has 6 nitrogen and oxygen atoms in total. The summed E-state index contributed by atoms with van der Waals surface area (Å²) < 4.78 is 0. The van der Waals surface area contributed by atoms with Gasteiger partial charge in [0.25, 0.3) is 5.91 Å². The maximum atomic E-state index is 11.8. The van der Waals surface area contributed by atoms with Crippen molar-refractivity contribution in [2.75, 3.05) is 11.9 Å². The minimum absolute atomic E-state index is 0.279. The van der Waals surface area contributed by atoms with Gasteiger partial charge in [0.1, 0.15) is 11.5 Å². The second-order valence-corrected chi connectivity index (χ2v) is 4.86. The standard InChI is InChI=1S/C16H21N5O/c1-2-3-9-20-21-16(22)14-11-19-15(12-17-14)18-10-13-7-5-4-6-8-13/h4-8,11-12,20H,2-3,9-10H2,1H3,(H,18,19)(H,21,22). The van der Waals surface area contributed by atoms with Crippen molar-refractivity contribution in [2.45, 2.75) is 26.3 Å². The van der Waals surface area contributed by atoms with Crippen molar-refractivity contribution < 1.29 is 4.79 Å². The Hall–Kier alpha value is -2.47. The molecule has 2 aromatic rings. The molecule has 1 amide bonds. The minimum atomic E-state index is -0.279. The first-order chi connectivity index (χ1) is 10.8. The zero-order chi connectivity index (χ0) is 15.6. The predicted molar refractivity (Wildman–Crippen MR) is 86.2 cm³/mol. The van der Waals surface area contributed by atoms with Crippen molar-refractivity contribution in [1.82, 2.24) is 20.8 Å². The molecule has 0 spiro atoms. The molecule has 0 radical (unpaired) electrons. The van der Waals surface area contributed by atoms with Gasteiger partial charge in [0.05, 0.1) is 12.4 Å². The smallest absolute Gasteiger partial charge is 0.285 e. The van der Waals surface area contributed by atoms with E-state index >= 15 is 0 Å². The number of carbonyl (C=O) groups excluding carboxylic acids is 1. The number of nitrogens with zero attached hydrogens (tertiary/aromatic N) is 2. The van der Waals surface area contributed by atoms with Crippen LogP contribution in [-0.4, -0.2) is 22.4 Å². The molecule has 0 fully saturated rings. The second kappa shape index (κ2) is 8.74. The normalized spacial score (nSPS) is 10.2. The largest absolute Gasteiger partial charge is 0.365 e. The Balaban J connectivity index is 1.81. The summed E-state index contributed by atoms with van der Waals surface area (Å²) in [5.41, 5.74) is 6.91. The van der Waals surface area contributed by atoms with E-state index in [2.05, 4.69) is 33.1 Å². The molecule has 1 aromatic heterocycles. The van der Waals surface area contributed by atoms with Crippen molar-refractivity contribution in [1.29, 1.82) is 0 Å². The molecule has 1 aromatic carbocycles. The van der Waals surface area contributed by atoms with Crippen LogP contribution in [0.25, 0.3) is 0 Å². The van der Waals surface area contributed by atoms with E-state index in [9.17, 15) is 4.79 Å². The number of nitrogens with one attached hydrogen (secondary N) is 3. The molecule has 3 N–H and O–H groups in total. The maximum Gasteiger partial charge on any atom is 0.285 e. The first-order valence-electron chi connectivity index (χ1n) is 7.42. The van der Waals surface area contributed by atoms with Crippen molar-refractivity contribution in [3.63, 3.8) is 0 Å². The molecule has 22 heavy (non-hydrogen) atoms. The van der Waals surface area contributed by atoms with E-state index in [1.165, 1.54) is 6.20 Å². The molecule has 0 aliphatic rings. The molecule has 1 heterocycles. The lowest BCUT2D eigenvalue weighted by atomic mass is 10.2. The highest BCUT2D eigenvalue weighted by molar-refractivity contribution is 5.91. The molecule has 116 valence electrons. The monoisotopic (exact) mass is 299 g/mol. The molecule has 6 heteroatoms. The number of hydrogen-bond donors (Lipinski definition) is 3. The first kappa shape index (κ1) is 15.9. The fourth-order valence-corrected chi connectivity index (χ4v) is 1.80. The average Bonchev–Trinajstić information content (AvgIpc) is 2.58. The van der Waals surface area contributed by atoms with Crippen LogP contribution in [0.3, 0.4) is 0 Å². The number of carbonyl (C=O) groups is 1. The van der Waals surface area contributed by atoms with E-state index in [-0.39, 0.29) is 11.6 Å². The molecule has 0 saturated carbocycles. The maximum absolute atomic E-state index is 11.8. The Kier molecular flexibility index (Phi) is 6.32. The molecule has 0 atom stereocenters. The van der Waals surface area contributed by atoms with Crippen LogP contribution in [0.4, 0.5) is 5.82 Å². The quantitative estimate of drug-likeness (QED) is 0.514. The fourth-order valence-electron chi connectivity index (χ4n) is 1.80. The van der Waals surface area contributed by atoms with Gasteiger partial charge < -0.3 is 5.32 Å². The first-order valence-corrected chi connectivity index (χ1v) is 7.42. The van der Waals surface area contributed by atoms with Gasteiger partial charge >= 0.3 is 0 Å². The van der Waals surface area contributed by atoms with E-state index in [4.69, 9.17) is 0 Å². The zero-order valence-corrected chi connectivity index (χ0v) is 12.7. The van der Waals surface area contributed by atoms with Crippen molar-refractivity contribution in [3.05, 3.63) is 54.0 Å². The van der Waals surface area contributed by atoms with Gasteiger partial charge in [-0.3, -0.25) is 10.2 Å². The summed E-state index contributed by atoms with van der Waals surface area (Å²) in [4.78, 5) is 20.1. The molecular weight excluding hydrogens is 278 g/mol. The van der Waals surface area contributed by atoms with Crippen LogP contribution in [0.1, 0.15) is 35.8 Å². The molecular formula is C16H21N5O. The second-order valence-electron chi connectivity index (χ2n) is 4.86. The number of amides is 1.